The van der Waals surface area contributed by atoms with E-state index in [1.54, 1.807) is 18.7 Å². The first-order chi connectivity index (χ1) is 17.8. The summed E-state index contributed by atoms with van der Waals surface area (Å²) in [7, 11) is 1.78. The molecular weight excluding hydrogens is 470 g/mol. The fourth-order valence-electron chi connectivity index (χ4n) is 5.92. The molecule has 2 N–H and O–H groups in total. The average molecular weight is 510 g/mol. The first-order valence-electron chi connectivity index (χ1n) is 13.5. The van der Waals surface area contributed by atoms with Gasteiger partial charge in [-0.1, -0.05) is 56.7 Å². The molecule has 2 aliphatic rings. The van der Waals surface area contributed by atoms with E-state index in [-0.39, 0.29) is 35.6 Å². The van der Waals surface area contributed by atoms with Crippen molar-refractivity contribution in [3.63, 3.8) is 0 Å². The highest BCUT2D eigenvalue weighted by molar-refractivity contribution is 6.05. The van der Waals surface area contributed by atoms with Gasteiger partial charge in [0, 0.05) is 20.0 Å². The molecule has 0 saturated heterocycles. The zero-order chi connectivity index (χ0) is 26.6. The highest BCUT2D eigenvalue weighted by Crippen LogP contribution is 2.38. The van der Waals surface area contributed by atoms with Crippen LogP contribution in [0.15, 0.2) is 35.1 Å². The summed E-state index contributed by atoms with van der Waals surface area (Å²) in [4.78, 5) is 55.2. The summed E-state index contributed by atoms with van der Waals surface area (Å²) in [5.74, 6) is -0.991. The van der Waals surface area contributed by atoms with Crippen molar-refractivity contribution in [2.45, 2.75) is 89.6 Å². The number of nitrogens with zero attached hydrogens (tertiary/aromatic N) is 3. The number of carbonyl (C=O) groups is 3. The molecule has 0 bridgehead atoms. The molecule has 9 heteroatoms. The fraction of sp³-hybridized carbons (Fsp3) is 0.571. The summed E-state index contributed by atoms with van der Waals surface area (Å²) in [6, 6.07) is 9.32. The van der Waals surface area contributed by atoms with Crippen LogP contribution >= 0.6 is 0 Å². The number of hydrogen-bond acceptors (Lipinski definition) is 4. The molecule has 2 saturated carbocycles. The van der Waals surface area contributed by atoms with E-state index in [2.05, 4.69) is 10.6 Å². The monoisotopic (exact) mass is 509 g/mol. The smallest absolute Gasteiger partial charge is 0.295 e. The highest BCUT2D eigenvalue weighted by atomic mass is 16.2. The van der Waals surface area contributed by atoms with E-state index in [0.29, 0.717) is 24.2 Å². The van der Waals surface area contributed by atoms with E-state index in [1.165, 1.54) is 22.9 Å². The molecule has 2 aromatic rings. The van der Waals surface area contributed by atoms with E-state index >= 15 is 0 Å². The van der Waals surface area contributed by atoms with Crippen molar-refractivity contribution < 1.29 is 14.4 Å². The Morgan fingerprint density at radius 3 is 2.24 bits per heavy atom. The second-order valence-electron chi connectivity index (χ2n) is 10.4. The largest absolute Gasteiger partial charge is 0.351 e. The molecular formula is C28H39N5O4. The molecule has 0 spiro atoms. The molecule has 3 amide bonds. The van der Waals surface area contributed by atoms with Gasteiger partial charge >= 0.3 is 0 Å². The Bertz CT molecular complexity index is 1190. The molecule has 37 heavy (non-hydrogen) atoms. The van der Waals surface area contributed by atoms with Crippen molar-refractivity contribution in [2.24, 2.45) is 7.05 Å². The SMILES string of the molecule is CC(=O)NCC(=O)N(c1c(C)n(C)n(-c2ccccc2)c1=O)C1(C(=O)NC2CCCCC2)CCCCC1. The molecule has 0 radical (unpaired) electrons. The van der Waals surface area contributed by atoms with E-state index in [4.69, 9.17) is 0 Å². The summed E-state index contributed by atoms with van der Waals surface area (Å²) in [6.07, 6.45) is 8.62. The topological polar surface area (TPSA) is 105 Å². The minimum atomic E-state index is -1.19. The van der Waals surface area contributed by atoms with Crippen molar-refractivity contribution >= 4 is 23.4 Å². The molecule has 200 valence electrons. The minimum Gasteiger partial charge on any atom is -0.351 e. The third-order valence-electron chi connectivity index (χ3n) is 7.96. The zero-order valence-electron chi connectivity index (χ0n) is 22.2. The van der Waals surface area contributed by atoms with Gasteiger partial charge in [0.05, 0.1) is 17.9 Å². The average Bonchev–Trinajstić information content (AvgIpc) is 3.12. The molecule has 4 rings (SSSR count). The Kier molecular flexibility index (Phi) is 8.19. The Labute approximate surface area is 218 Å². The summed E-state index contributed by atoms with van der Waals surface area (Å²) in [5, 5.41) is 5.84. The molecule has 1 aromatic carbocycles. The van der Waals surface area contributed by atoms with Crippen molar-refractivity contribution in [3.05, 3.63) is 46.4 Å². The summed E-state index contributed by atoms with van der Waals surface area (Å²) < 4.78 is 3.25. The van der Waals surface area contributed by atoms with Gasteiger partial charge in [0.25, 0.3) is 5.56 Å². The van der Waals surface area contributed by atoms with Crippen LogP contribution in [-0.4, -0.2) is 45.2 Å². The van der Waals surface area contributed by atoms with Crippen LogP contribution in [0.1, 0.15) is 76.8 Å². The number of para-hydroxylation sites is 1. The maximum absolute atomic E-state index is 14.1. The van der Waals surface area contributed by atoms with Gasteiger partial charge < -0.3 is 10.6 Å². The lowest BCUT2D eigenvalue weighted by Gasteiger charge is -2.45. The Hall–Kier alpha value is -3.36. The number of benzene rings is 1. The van der Waals surface area contributed by atoms with Gasteiger partial charge in [-0.05, 0) is 44.7 Å². The van der Waals surface area contributed by atoms with Crippen LogP contribution in [0.4, 0.5) is 5.69 Å². The normalized spacial score (nSPS) is 17.7. The standard InChI is InChI=1S/C28H39N5O4/c1-20-25(26(36)33(31(20)3)23-15-9-5-10-16-23)32(24(35)19-29-21(2)34)28(17-11-6-12-18-28)27(37)30-22-13-7-4-8-14-22/h5,9-10,15-16,22H,4,6-8,11-14,17-19H2,1-3H3,(H,29,34)(H,30,37). The van der Waals surface area contributed by atoms with Crippen molar-refractivity contribution in [1.29, 1.82) is 0 Å². The first kappa shape index (κ1) is 26.7. The quantitative estimate of drug-likeness (QED) is 0.598. The van der Waals surface area contributed by atoms with Crippen LogP contribution in [0.5, 0.6) is 0 Å². The summed E-state index contributed by atoms with van der Waals surface area (Å²) >= 11 is 0. The van der Waals surface area contributed by atoms with Gasteiger partial charge in [-0.2, -0.15) is 0 Å². The zero-order valence-corrected chi connectivity index (χ0v) is 22.2. The second kappa shape index (κ2) is 11.4. The van der Waals surface area contributed by atoms with Gasteiger partial charge in [0.1, 0.15) is 11.2 Å². The number of amides is 3. The number of nitrogens with one attached hydrogen (secondary N) is 2. The predicted molar refractivity (Wildman–Crippen MR) is 143 cm³/mol. The number of hydrogen-bond donors (Lipinski definition) is 2. The van der Waals surface area contributed by atoms with E-state index in [9.17, 15) is 19.2 Å². The Morgan fingerprint density at radius 1 is 1.00 bits per heavy atom. The van der Waals surface area contributed by atoms with Crippen LogP contribution in [0.25, 0.3) is 5.69 Å². The number of aromatic nitrogens is 2. The third kappa shape index (κ3) is 5.36. The number of anilines is 1. The highest BCUT2D eigenvalue weighted by Gasteiger charge is 2.50. The predicted octanol–water partition coefficient (Wildman–Crippen LogP) is 3.11. The first-order valence-corrected chi connectivity index (χ1v) is 13.5. The Balaban J connectivity index is 1.85. The van der Waals surface area contributed by atoms with Crippen LogP contribution in [0, 0.1) is 6.92 Å². The van der Waals surface area contributed by atoms with Gasteiger partial charge in [0.2, 0.25) is 17.7 Å². The lowest BCUT2D eigenvalue weighted by Crippen LogP contribution is -2.65. The minimum absolute atomic E-state index is 0.0743. The fourth-order valence-corrected chi connectivity index (χ4v) is 5.92. The van der Waals surface area contributed by atoms with Gasteiger partial charge in [-0.15, -0.1) is 0 Å². The van der Waals surface area contributed by atoms with E-state index in [0.717, 1.165) is 44.9 Å². The van der Waals surface area contributed by atoms with Crippen molar-refractivity contribution in [1.82, 2.24) is 20.0 Å². The number of carbonyl (C=O) groups excluding carboxylic acids is 3. The molecule has 0 atom stereocenters. The summed E-state index contributed by atoms with van der Waals surface area (Å²) in [6.45, 7) is 2.86. The van der Waals surface area contributed by atoms with E-state index < -0.39 is 11.4 Å². The van der Waals surface area contributed by atoms with Gasteiger partial charge in [0.15, 0.2) is 0 Å². The molecule has 2 fully saturated rings. The lowest BCUT2D eigenvalue weighted by atomic mass is 9.78. The van der Waals surface area contributed by atoms with Crippen molar-refractivity contribution in [3.8, 4) is 5.69 Å². The molecule has 2 aliphatic carbocycles. The molecule has 9 nitrogen and oxygen atoms in total. The van der Waals surface area contributed by atoms with Crippen LogP contribution < -0.4 is 21.1 Å². The Morgan fingerprint density at radius 2 is 1.62 bits per heavy atom. The summed E-state index contributed by atoms with van der Waals surface area (Å²) in [5.41, 5.74) is -0.103. The molecule has 0 aliphatic heterocycles. The van der Waals surface area contributed by atoms with E-state index in [1.807, 2.05) is 30.3 Å². The molecule has 1 heterocycles. The second-order valence-corrected chi connectivity index (χ2v) is 10.4. The molecule has 0 unspecified atom stereocenters. The maximum atomic E-state index is 14.1. The van der Waals surface area contributed by atoms with Gasteiger partial charge in [-0.3, -0.25) is 28.8 Å². The van der Waals surface area contributed by atoms with Crippen LogP contribution in [0.2, 0.25) is 0 Å². The third-order valence-corrected chi connectivity index (χ3v) is 7.96. The number of rotatable bonds is 7. The molecule has 1 aromatic heterocycles. The van der Waals surface area contributed by atoms with Crippen molar-refractivity contribution in [2.75, 3.05) is 11.4 Å². The lowest BCUT2D eigenvalue weighted by molar-refractivity contribution is -0.132. The maximum Gasteiger partial charge on any atom is 0.295 e. The van der Waals surface area contributed by atoms with Gasteiger partial charge in [-0.25, -0.2) is 4.68 Å². The van der Waals surface area contributed by atoms with Crippen LogP contribution in [0.3, 0.4) is 0 Å². The van der Waals surface area contributed by atoms with Crippen LogP contribution in [-0.2, 0) is 21.4 Å².